The second kappa shape index (κ2) is 5.65. The first-order valence-electron chi connectivity index (χ1n) is 6.22. The van der Waals surface area contributed by atoms with Crippen LogP contribution >= 0.6 is 0 Å². The Kier molecular flexibility index (Phi) is 4.76. The van der Waals surface area contributed by atoms with Gasteiger partial charge in [-0.05, 0) is 37.6 Å². The van der Waals surface area contributed by atoms with E-state index in [1.165, 1.54) is 0 Å². The van der Waals surface area contributed by atoms with Crippen LogP contribution in [0.1, 0.15) is 40.0 Å². The summed E-state index contributed by atoms with van der Waals surface area (Å²) in [5, 5.41) is 18.1. The van der Waals surface area contributed by atoms with Gasteiger partial charge >= 0.3 is 0 Å². The van der Waals surface area contributed by atoms with Crippen LogP contribution in [0.15, 0.2) is 0 Å². The minimum absolute atomic E-state index is 0.188. The lowest BCUT2D eigenvalue weighted by atomic mass is 9.87. The quantitative estimate of drug-likeness (QED) is 0.777. The maximum atomic E-state index is 9.54. The third-order valence-electron chi connectivity index (χ3n) is 3.56. The van der Waals surface area contributed by atoms with E-state index < -0.39 is 0 Å². The van der Waals surface area contributed by atoms with Crippen molar-refractivity contribution in [1.29, 1.82) is 5.26 Å². The highest BCUT2D eigenvalue weighted by molar-refractivity contribution is 4.84. The van der Waals surface area contributed by atoms with Crippen molar-refractivity contribution >= 4 is 0 Å². The van der Waals surface area contributed by atoms with Gasteiger partial charge in [0.05, 0.1) is 12.2 Å². The summed E-state index contributed by atoms with van der Waals surface area (Å²) in [6.45, 7) is 9.46. The topological polar surface area (TPSA) is 47.3 Å². The molecule has 0 amide bonds. The fourth-order valence-corrected chi connectivity index (χ4v) is 2.48. The summed E-state index contributed by atoms with van der Waals surface area (Å²) in [6, 6.07) is 2.22. The van der Waals surface area contributed by atoms with Crippen molar-refractivity contribution in [2.45, 2.75) is 46.1 Å². The van der Waals surface area contributed by atoms with E-state index in [9.17, 15) is 5.11 Å². The Labute approximate surface area is 99.1 Å². The van der Waals surface area contributed by atoms with Gasteiger partial charge in [-0.25, -0.2) is 0 Å². The summed E-state index contributed by atoms with van der Waals surface area (Å²) in [5.41, 5.74) is 0.212. The monoisotopic (exact) mass is 224 g/mol. The van der Waals surface area contributed by atoms with Crippen LogP contribution in [-0.4, -0.2) is 35.7 Å². The lowest BCUT2D eigenvalue weighted by Gasteiger charge is -2.29. The van der Waals surface area contributed by atoms with Crippen molar-refractivity contribution in [3.8, 4) is 6.07 Å². The van der Waals surface area contributed by atoms with Gasteiger partial charge in [-0.15, -0.1) is 0 Å². The van der Waals surface area contributed by atoms with Crippen LogP contribution in [0.5, 0.6) is 0 Å². The molecule has 0 saturated carbocycles. The Morgan fingerprint density at radius 1 is 1.56 bits per heavy atom. The second-order valence-corrected chi connectivity index (χ2v) is 5.85. The van der Waals surface area contributed by atoms with Crippen molar-refractivity contribution in [1.82, 2.24) is 4.90 Å². The van der Waals surface area contributed by atoms with Gasteiger partial charge in [-0.3, -0.25) is 0 Å². The summed E-state index contributed by atoms with van der Waals surface area (Å²) < 4.78 is 0. The van der Waals surface area contributed by atoms with Crippen LogP contribution in [0.2, 0.25) is 0 Å². The molecular formula is C13H24N2O. The van der Waals surface area contributed by atoms with Gasteiger partial charge in [0.1, 0.15) is 0 Å². The first-order chi connectivity index (χ1) is 7.44. The molecule has 2 unspecified atom stereocenters. The molecule has 1 heterocycles. The molecule has 1 aliphatic rings. The van der Waals surface area contributed by atoms with Gasteiger partial charge in [0.25, 0.3) is 0 Å². The van der Waals surface area contributed by atoms with Crippen LogP contribution in [0, 0.1) is 22.7 Å². The lowest BCUT2D eigenvalue weighted by molar-refractivity contribution is 0.120. The summed E-state index contributed by atoms with van der Waals surface area (Å²) in [5.74, 6) is 0.437. The van der Waals surface area contributed by atoms with E-state index in [1.54, 1.807) is 0 Å². The molecule has 0 aromatic heterocycles. The summed E-state index contributed by atoms with van der Waals surface area (Å²) >= 11 is 0. The molecule has 0 aliphatic carbocycles. The molecule has 16 heavy (non-hydrogen) atoms. The molecule has 92 valence electrons. The van der Waals surface area contributed by atoms with Gasteiger partial charge in [-0.1, -0.05) is 13.8 Å². The summed E-state index contributed by atoms with van der Waals surface area (Å²) in [7, 11) is 0. The maximum absolute atomic E-state index is 9.54. The molecule has 0 radical (unpaired) electrons. The van der Waals surface area contributed by atoms with Crippen LogP contribution in [0.4, 0.5) is 0 Å². The zero-order valence-electron chi connectivity index (χ0n) is 10.7. The fraction of sp³-hybridized carbons (Fsp3) is 0.923. The van der Waals surface area contributed by atoms with Crippen LogP contribution in [-0.2, 0) is 0 Å². The molecule has 0 bridgehead atoms. The first-order valence-corrected chi connectivity index (χ1v) is 6.22. The largest absolute Gasteiger partial charge is 0.393 e. The van der Waals surface area contributed by atoms with E-state index in [0.29, 0.717) is 12.3 Å². The molecule has 3 nitrogen and oxygen atoms in total. The van der Waals surface area contributed by atoms with Crippen molar-refractivity contribution in [2.75, 3.05) is 19.6 Å². The van der Waals surface area contributed by atoms with Crippen molar-refractivity contribution in [2.24, 2.45) is 11.3 Å². The lowest BCUT2D eigenvalue weighted by Crippen LogP contribution is -2.33. The Bertz CT molecular complexity index is 255. The van der Waals surface area contributed by atoms with E-state index in [-0.39, 0.29) is 11.5 Å². The number of hydrogen-bond acceptors (Lipinski definition) is 3. The molecule has 1 N–H and O–H groups in total. The molecular weight excluding hydrogens is 200 g/mol. The van der Waals surface area contributed by atoms with Crippen molar-refractivity contribution in [3.63, 3.8) is 0 Å². The molecule has 1 rings (SSSR count). The summed E-state index contributed by atoms with van der Waals surface area (Å²) in [4.78, 5) is 2.43. The molecule has 0 aromatic carbocycles. The predicted octanol–water partition coefficient (Wildman–Crippen LogP) is 2.02. The van der Waals surface area contributed by atoms with E-state index in [0.717, 1.165) is 32.5 Å². The molecule has 2 atom stereocenters. The Hall–Kier alpha value is -0.590. The third-order valence-corrected chi connectivity index (χ3v) is 3.56. The van der Waals surface area contributed by atoms with E-state index in [1.807, 2.05) is 6.92 Å². The van der Waals surface area contributed by atoms with Gasteiger partial charge in [0.15, 0.2) is 0 Å². The standard InChI is InChI=1S/C13H24N2O/c1-11(16)12-5-8-15(9-12)10-13(2,3)6-4-7-14/h11-12,16H,4-6,8-10H2,1-3H3. The maximum Gasteiger partial charge on any atom is 0.0621 e. The molecule has 1 saturated heterocycles. The number of hydrogen-bond donors (Lipinski definition) is 1. The highest BCUT2D eigenvalue weighted by atomic mass is 16.3. The van der Waals surface area contributed by atoms with Crippen molar-refractivity contribution in [3.05, 3.63) is 0 Å². The Balaban J connectivity index is 2.36. The zero-order valence-corrected chi connectivity index (χ0v) is 10.7. The first kappa shape index (κ1) is 13.5. The number of nitrogens with zero attached hydrogens (tertiary/aromatic N) is 2. The van der Waals surface area contributed by atoms with Crippen LogP contribution in [0.25, 0.3) is 0 Å². The fourth-order valence-electron chi connectivity index (χ4n) is 2.48. The molecule has 1 fully saturated rings. The molecule has 3 heteroatoms. The Morgan fingerprint density at radius 2 is 2.25 bits per heavy atom. The number of rotatable bonds is 5. The predicted molar refractivity (Wildman–Crippen MR) is 64.9 cm³/mol. The smallest absolute Gasteiger partial charge is 0.0621 e. The van der Waals surface area contributed by atoms with Gasteiger partial charge in [0.2, 0.25) is 0 Å². The third kappa shape index (κ3) is 4.11. The minimum Gasteiger partial charge on any atom is -0.393 e. The highest BCUT2D eigenvalue weighted by Crippen LogP contribution is 2.27. The number of nitriles is 1. The number of likely N-dealkylation sites (tertiary alicyclic amines) is 1. The van der Waals surface area contributed by atoms with Crippen LogP contribution < -0.4 is 0 Å². The summed E-state index contributed by atoms with van der Waals surface area (Å²) in [6.07, 6.45) is 2.51. The van der Waals surface area contributed by atoms with E-state index >= 15 is 0 Å². The number of aliphatic hydroxyl groups is 1. The van der Waals surface area contributed by atoms with Crippen LogP contribution in [0.3, 0.4) is 0 Å². The minimum atomic E-state index is -0.188. The highest BCUT2D eigenvalue weighted by Gasteiger charge is 2.29. The molecule has 0 spiro atoms. The van der Waals surface area contributed by atoms with Gasteiger partial charge in [-0.2, -0.15) is 5.26 Å². The van der Waals surface area contributed by atoms with Gasteiger partial charge < -0.3 is 10.0 Å². The zero-order chi connectivity index (χ0) is 12.2. The number of aliphatic hydroxyl groups excluding tert-OH is 1. The molecule has 0 aromatic rings. The van der Waals surface area contributed by atoms with Gasteiger partial charge in [0, 0.05) is 19.5 Å². The second-order valence-electron chi connectivity index (χ2n) is 5.85. The Morgan fingerprint density at radius 3 is 2.75 bits per heavy atom. The average molecular weight is 224 g/mol. The molecule has 1 aliphatic heterocycles. The van der Waals surface area contributed by atoms with E-state index in [4.69, 9.17) is 5.26 Å². The normalized spacial score (nSPS) is 24.3. The van der Waals surface area contributed by atoms with Crippen molar-refractivity contribution < 1.29 is 5.11 Å². The SMILES string of the molecule is CC(O)C1CCN(CC(C)(C)CCC#N)C1. The van der Waals surface area contributed by atoms with E-state index in [2.05, 4.69) is 24.8 Å². The average Bonchev–Trinajstić information content (AvgIpc) is 2.62.